The van der Waals surface area contributed by atoms with E-state index in [4.69, 9.17) is 11.6 Å². The summed E-state index contributed by atoms with van der Waals surface area (Å²) in [5.41, 5.74) is 2.16. The van der Waals surface area contributed by atoms with Crippen molar-refractivity contribution in [1.29, 1.82) is 0 Å². The lowest BCUT2D eigenvalue weighted by Gasteiger charge is -2.35. The van der Waals surface area contributed by atoms with Crippen LogP contribution in [0.15, 0.2) is 0 Å². The Kier molecular flexibility index (Phi) is 4.65. The van der Waals surface area contributed by atoms with Gasteiger partial charge in [-0.25, -0.2) is 0 Å². The number of aryl methyl sites for hydroxylation is 2. The molecule has 4 nitrogen and oxygen atoms in total. The maximum absolute atomic E-state index is 6.41. The third-order valence-corrected chi connectivity index (χ3v) is 4.24. The molecule has 0 aliphatic carbocycles. The summed E-state index contributed by atoms with van der Waals surface area (Å²) in [5, 5.41) is 8.79. The SMILES string of the molecule is CCc1nn(C)c(CN2CCNCC2CC)c1Cl. The summed E-state index contributed by atoms with van der Waals surface area (Å²) in [4.78, 5) is 2.51. The molecule has 102 valence electrons. The molecule has 0 aromatic carbocycles. The number of hydrogen-bond donors (Lipinski definition) is 1. The molecule has 1 fully saturated rings. The lowest BCUT2D eigenvalue weighted by molar-refractivity contribution is 0.145. The lowest BCUT2D eigenvalue weighted by Crippen LogP contribution is -2.50. The van der Waals surface area contributed by atoms with Crippen molar-refractivity contribution in [2.24, 2.45) is 7.05 Å². The van der Waals surface area contributed by atoms with E-state index < -0.39 is 0 Å². The first-order valence-corrected chi connectivity index (χ1v) is 7.20. The van der Waals surface area contributed by atoms with Gasteiger partial charge in [-0.05, 0) is 12.8 Å². The molecular formula is C13H23ClN4. The average molecular weight is 271 g/mol. The predicted octanol–water partition coefficient (Wildman–Crippen LogP) is 1.82. The summed E-state index contributed by atoms with van der Waals surface area (Å²) in [6.45, 7) is 8.47. The summed E-state index contributed by atoms with van der Waals surface area (Å²) in [5.74, 6) is 0. The molecule has 1 N–H and O–H groups in total. The second-order valence-corrected chi connectivity index (χ2v) is 5.30. The molecule has 1 aromatic rings. The molecule has 1 aliphatic rings. The van der Waals surface area contributed by atoms with Crippen LogP contribution in [0.3, 0.4) is 0 Å². The van der Waals surface area contributed by atoms with Crippen molar-refractivity contribution in [3.63, 3.8) is 0 Å². The Labute approximate surface area is 114 Å². The fraction of sp³-hybridized carbons (Fsp3) is 0.769. The quantitative estimate of drug-likeness (QED) is 0.906. The van der Waals surface area contributed by atoms with Gasteiger partial charge in [0.2, 0.25) is 0 Å². The second-order valence-electron chi connectivity index (χ2n) is 4.92. The van der Waals surface area contributed by atoms with Crippen LogP contribution in [0, 0.1) is 0 Å². The minimum atomic E-state index is 0.606. The van der Waals surface area contributed by atoms with Gasteiger partial charge in [0.25, 0.3) is 0 Å². The number of hydrogen-bond acceptors (Lipinski definition) is 3. The van der Waals surface area contributed by atoms with Gasteiger partial charge >= 0.3 is 0 Å². The molecule has 0 amide bonds. The third-order valence-electron chi connectivity index (χ3n) is 3.80. The predicted molar refractivity (Wildman–Crippen MR) is 75.0 cm³/mol. The van der Waals surface area contributed by atoms with Crippen LogP contribution < -0.4 is 5.32 Å². The summed E-state index contributed by atoms with van der Waals surface area (Å²) in [6, 6.07) is 0.606. The van der Waals surface area contributed by atoms with Crippen molar-refractivity contribution >= 4 is 11.6 Å². The highest BCUT2D eigenvalue weighted by Gasteiger charge is 2.23. The molecule has 1 atom stereocenters. The van der Waals surface area contributed by atoms with Crippen molar-refractivity contribution < 1.29 is 0 Å². The van der Waals surface area contributed by atoms with Gasteiger partial charge in [0, 0.05) is 39.3 Å². The minimum absolute atomic E-state index is 0.606. The van der Waals surface area contributed by atoms with Gasteiger partial charge in [0.1, 0.15) is 0 Å². The number of piperazine rings is 1. The molecule has 1 aliphatic heterocycles. The molecule has 0 bridgehead atoms. The zero-order valence-corrected chi connectivity index (χ0v) is 12.3. The van der Waals surface area contributed by atoms with Gasteiger partial charge in [-0.3, -0.25) is 9.58 Å². The number of nitrogens with one attached hydrogen (secondary N) is 1. The molecule has 0 saturated carbocycles. The highest BCUT2D eigenvalue weighted by atomic mass is 35.5. The molecule has 1 aromatic heterocycles. The largest absolute Gasteiger partial charge is 0.314 e. The summed E-state index contributed by atoms with van der Waals surface area (Å²) >= 11 is 6.41. The number of aromatic nitrogens is 2. The fourth-order valence-electron chi connectivity index (χ4n) is 2.60. The van der Waals surface area contributed by atoms with Crippen LogP contribution in [0.5, 0.6) is 0 Å². The van der Waals surface area contributed by atoms with Crippen LogP contribution in [-0.4, -0.2) is 40.4 Å². The van der Waals surface area contributed by atoms with E-state index in [-0.39, 0.29) is 0 Å². The molecule has 2 heterocycles. The van der Waals surface area contributed by atoms with Gasteiger partial charge < -0.3 is 5.32 Å². The molecule has 0 spiro atoms. The first-order chi connectivity index (χ1) is 8.67. The summed E-state index contributed by atoms with van der Waals surface area (Å²) < 4.78 is 1.94. The summed E-state index contributed by atoms with van der Waals surface area (Å²) in [7, 11) is 1.99. The molecule has 0 radical (unpaired) electrons. The molecule has 1 saturated heterocycles. The topological polar surface area (TPSA) is 33.1 Å². The Morgan fingerprint density at radius 2 is 2.22 bits per heavy atom. The number of nitrogens with zero attached hydrogens (tertiary/aromatic N) is 3. The zero-order valence-electron chi connectivity index (χ0n) is 11.5. The van der Waals surface area contributed by atoms with E-state index in [0.717, 1.165) is 49.0 Å². The van der Waals surface area contributed by atoms with Crippen molar-refractivity contribution in [2.45, 2.75) is 39.3 Å². The lowest BCUT2D eigenvalue weighted by atomic mass is 10.1. The van der Waals surface area contributed by atoms with E-state index in [1.165, 1.54) is 6.42 Å². The van der Waals surface area contributed by atoms with Crippen LogP contribution >= 0.6 is 11.6 Å². The zero-order chi connectivity index (χ0) is 13.1. The van der Waals surface area contributed by atoms with E-state index >= 15 is 0 Å². The third kappa shape index (κ3) is 2.71. The molecule has 2 rings (SSSR count). The Bertz CT molecular complexity index is 402. The monoisotopic (exact) mass is 270 g/mol. The Balaban J connectivity index is 2.15. The van der Waals surface area contributed by atoms with E-state index in [2.05, 4.69) is 29.2 Å². The summed E-state index contributed by atoms with van der Waals surface area (Å²) in [6.07, 6.45) is 2.06. The average Bonchev–Trinajstić information content (AvgIpc) is 2.66. The van der Waals surface area contributed by atoms with Crippen molar-refractivity contribution in [3.8, 4) is 0 Å². The molecule has 5 heteroatoms. The number of rotatable bonds is 4. The highest BCUT2D eigenvalue weighted by Crippen LogP contribution is 2.23. The smallest absolute Gasteiger partial charge is 0.0863 e. The second kappa shape index (κ2) is 6.04. The van der Waals surface area contributed by atoms with E-state index in [1.54, 1.807) is 0 Å². The van der Waals surface area contributed by atoms with Crippen LogP contribution in [0.1, 0.15) is 31.7 Å². The fourth-order valence-corrected chi connectivity index (χ4v) is 2.95. The van der Waals surface area contributed by atoms with Crippen LogP contribution in [0.25, 0.3) is 0 Å². The standard InChI is InChI=1S/C13H23ClN4/c1-4-10-8-15-6-7-18(10)9-12-13(14)11(5-2)16-17(12)3/h10,15H,4-9H2,1-3H3. The van der Waals surface area contributed by atoms with Crippen LogP contribution in [0.2, 0.25) is 5.02 Å². The van der Waals surface area contributed by atoms with Gasteiger partial charge in [-0.2, -0.15) is 5.10 Å². The van der Waals surface area contributed by atoms with E-state index in [1.807, 2.05) is 11.7 Å². The van der Waals surface area contributed by atoms with Gasteiger partial charge in [-0.15, -0.1) is 0 Å². The first-order valence-electron chi connectivity index (χ1n) is 6.82. The molecular weight excluding hydrogens is 248 g/mol. The van der Waals surface area contributed by atoms with Gasteiger partial charge in [0.05, 0.1) is 16.4 Å². The molecule has 18 heavy (non-hydrogen) atoms. The minimum Gasteiger partial charge on any atom is -0.314 e. The Morgan fingerprint density at radius 3 is 2.83 bits per heavy atom. The van der Waals surface area contributed by atoms with Crippen molar-refractivity contribution in [3.05, 3.63) is 16.4 Å². The van der Waals surface area contributed by atoms with E-state index in [0.29, 0.717) is 6.04 Å². The maximum atomic E-state index is 6.41. The van der Waals surface area contributed by atoms with Gasteiger partial charge in [-0.1, -0.05) is 25.4 Å². The molecule has 1 unspecified atom stereocenters. The Morgan fingerprint density at radius 1 is 1.44 bits per heavy atom. The van der Waals surface area contributed by atoms with Crippen LogP contribution in [-0.2, 0) is 20.0 Å². The van der Waals surface area contributed by atoms with Crippen molar-refractivity contribution in [2.75, 3.05) is 19.6 Å². The maximum Gasteiger partial charge on any atom is 0.0863 e. The highest BCUT2D eigenvalue weighted by molar-refractivity contribution is 6.31. The first kappa shape index (κ1) is 13.8. The normalized spacial score (nSPS) is 21.4. The number of halogens is 1. The van der Waals surface area contributed by atoms with Crippen LogP contribution in [0.4, 0.5) is 0 Å². The van der Waals surface area contributed by atoms with E-state index in [9.17, 15) is 0 Å². The van der Waals surface area contributed by atoms with Gasteiger partial charge in [0.15, 0.2) is 0 Å². The van der Waals surface area contributed by atoms with Crippen molar-refractivity contribution in [1.82, 2.24) is 20.0 Å². The Hall–Kier alpha value is -0.580.